The first-order valence-electron chi connectivity index (χ1n) is 3.69. The zero-order valence-electron chi connectivity index (χ0n) is 6.73. The highest BCUT2D eigenvalue weighted by Crippen LogP contribution is 2.20. The molecular formula is C7H14O4. The summed E-state index contributed by atoms with van der Waals surface area (Å²) in [5, 5.41) is 18.4. The van der Waals surface area contributed by atoms with E-state index in [0.29, 0.717) is 0 Å². The van der Waals surface area contributed by atoms with E-state index in [9.17, 15) is 5.11 Å². The number of ether oxygens (including phenoxy) is 2. The van der Waals surface area contributed by atoms with Crippen molar-refractivity contribution in [2.24, 2.45) is 0 Å². The number of hydrogen-bond acceptors (Lipinski definition) is 4. The molecular weight excluding hydrogens is 148 g/mol. The Bertz CT molecular complexity index is 116. The Morgan fingerprint density at radius 1 is 1.45 bits per heavy atom. The topological polar surface area (TPSA) is 58.9 Å². The van der Waals surface area contributed by atoms with Gasteiger partial charge in [-0.15, -0.1) is 0 Å². The molecule has 0 amide bonds. The van der Waals surface area contributed by atoms with Gasteiger partial charge in [-0.3, -0.25) is 0 Å². The smallest absolute Gasteiger partial charge is 0.157 e. The first kappa shape index (κ1) is 8.93. The van der Waals surface area contributed by atoms with E-state index >= 15 is 0 Å². The van der Waals surface area contributed by atoms with Crippen LogP contribution in [0.15, 0.2) is 0 Å². The highest BCUT2D eigenvalue weighted by molar-refractivity contribution is 4.80. The van der Waals surface area contributed by atoms with Crippen LogP contribution >= 0.6 is 0 Å². The molecule has 0 aromatic rings. The fourth-order valence-electron chi connectivity index (χ4n) is 1.38. The normalized spacial score (nSPS) is 45.8. The van der Waals surface area contributed by atoms with E-state index in [1.54, 1.807) is 6.92 Å². The molecule has 11 heavy (non-hydrogen) atoms. The average molecular weight is 162 g/mol. The molecule has 4 atom stereocenters. The van der Waals surface area contributed by atoms with Gasteiger partial charge in [0, 0.05) is 13.5 Å². The van der Waals surface area contributed by atoms with Gasteiger partial charge in [-0.2, -0.15) is 0 Å². The lowest BCUT2D eigenvalue weighted by atomic mass is 10.0. The molecule has 0 aromatic carbocycles. The van der Waals surface area contributed by atoms with Crippen molar-refractivity contribution in [2.75, 3.05) is 7.11 Å². The van der Waals surface area contributed by atoms with Gasteiger partial charge in [0.25, 0.3) is 0 Å². The van der Waals surface area contributed by atoms with Crippen LogP contribution < -0.4 is 0 Å². The summed E-state index contributed by atoms with van der Waals surface area (Å²) in [4.78, 5) is 0. The molecule has 0 bridgehead atoms. The van der Waals surface area contributed by atoms with Crippen molar-refractivity contribution in [3.63, 3.8) is 0 Å². The summed E-state index contributed by atoms with van der Waals surface area (Å²) in [5.41, 5.74) is 0. The van der Waals surface area contributed by atoms with E-state index in [1.807, 2.05) is 0 Å². The third-order valence-corrected chi connectivity index (χ3v) is 1.93. The molecule has 0 radical (unpaired) electrons. The third kappa shape index (κ3) is 1.90. The van der Waals surface area contributed by atoms with Gasteiger partial charge < -0.3 is 19.7 Å². The predicted octanol–water partition coefficient (Wildman–Crippen LogP) is -0.510. The second-order valence-electron chi connectivity index (χ2n) is 2.80. The molecule has 1 fully saturated rings. The quantitative estimate of drug-likeness (QED) is 0.545. The Labute approximate surface area is 65.7 Å². The maximum absolute atomic E-state index is 9.34. The lowest BCUT2D eigenvalue weighted by Crippen LogP contribution is -2.47. The molecule has 2 unspecified atom stereocenters. The van der Waals surface area contributed by atoms with Crippen LogP contribution in [0.1, 0.15) is 13.3 Å². The minimum atomic E-state index is -0.855. The first-order chi connectivity index (χ1) is 5.15. The minimum absolute atomic E-state index is 0.225. The van der Waals surface area contributed by atoms with Gasteiger partial charge in [0.2, 0.25) is 0 Å². The van der Waals surface area contributed by atoms with Crippen LogP contribution in [0.5, 0.6) is 0 Å². The Kier molecular flexibility index (Phi) is 2.84. The van der Waals surface area contributed by atoms with Gasteiger partial charge in [0.1, 0.15) is 6.10 Å². The number of aliphatic hydroxyl groups is 2. The number of aliphatic hydroxyl groups excluding tert-OH is 2. The number of rotatable bonds is 1. The van der Waals surface area contributed by atoms with Gasteiger partial charge in [-0.05, 0) is 6.92 Å². The van der Waals surface area contributed by atoms with E-state index in [-0.39, 0.29) is 18.6 Å². The lowest BCUT2D eigenvalue weighted by Gasteiger charge is -2.34. The summed E-state index contributed by atoms with van der Waals surface area (Å²) >= 11 is 0. The van der Waals surface area contributed by atoms with Crippen molar-refractivity contribution in [1.82, 2.24) is 0 Å². The molecule has 1 aliphatic heterocycles. The van der Waals surface area contributed by atoms with Gasteiger partial charge in [-0.1, -0.05) is 0 Å². The molecule has 0 spiro atoms. The first-order valence-corrected chi connectivity index (χ1v) is 3.69. The summed E-state index contributed by atoms with van der Waals surface area (Å²) < 4.78 is 10.0. The highest BCUT2D eigenvalue weighted by Gasteiger charge is 2.34. The summed E-state index contributed by atoms with van der Waals surface area (Å²) in [6.45, 7) is 1.76. The van der Waals surface area contributed by atoms with Gasteiger partial charge in [0.15, 0.2) is 6.29 Å². The fraction of sp³-hybridized carbons (Fsp3) is 1.00. The second-order valence-corrected chi connectivity index (χ2v) is 2.80. The van der Waals surface area contributed by atoms with Crippen LogP contribution in [-0.4, -0.2) is 41.9 Å². The molecule has 66 valence electrons. The molecule has 0 saturated carbocycles. The molecule has 1 aliphatic rings. The highest BCUT2D eigenvalue weighted by atomic mass is 16.6. The van der Waals surface area contributed by atoms with Crippen LogP contribution in [0.3, 0.4) is 0 Å². The van der Waals surface area contributed by atoms with Crippen LogP contribution in [0.2, 0.25) is 0 Å². The summed E-state index contributed by atoms with van der Waals surface area (Å²) in [5.74, 6) is 0. The zero-order chi connectivity index (χ0) is 8.43. The standard InChI is InChI=1S/C7H14O4/c1-4-7(10-2)5(8)3-6(9)11-4/h4-9H,3H2,1-2H3/t4-,5?,6?,7-/m0/s1. The van der Waals surface area contributed by atoms with Crippen LogP contribution in [0, 0.1) is 0 Å². The largest absolute Gasteiger partial charge is 0.390 e. The molecule has 0 aromatic heterocycles. The molecule has 1 saturated heterocycles. The molecule has 1 rings (SSSR count). The van der Waals surface area contributed by atoms with Crippen molar-refractivity contribution in [1.29, 1.82) is 0 Å². The average Bonchev–Trinajstić information content (AvgIpc) is 1.85. The van der Waals surface area contributed by atoms with Crippen LogP contribution in [0.25, 0.3) is 0 Å². The Balaban J connectivity index is 2.52. The van der Waals surface area contributed by atoms with E-state index in [2.05, 4.69) is 0 Å². The van der Waals surface area contributed by atoms with E-state index in [0.717, 1.165) is 0 Å². The Morgan fingerprint density at radius 2 is 2.09 bits per heavy atom. The third-order valence-electron chi connectivity index (χ3n) is 1.93. The monoisotopic (exact) mass is 162 g/mol. The van der Waals surface area contributed by atoms with Crippen molar-refractivity contribution in [3.8, 4) is 0 Å². The Morgan fingerprint density at radius 3 is 2.55 bits per heavy atom. The van der Waals surface area contributed by atoms with E-state index < -0.39 is 12.4 Å². The second kappa shape index (κ2) is 3.49. The molecule has 0 aliphatic carbocycles. The SMILES string of the molecule is CO[C@@H]1C(O)CC(O)O[C@H]1C. The fourth-order valence-corrected chi connectivity index (χ4v) is 1.38. The number of hydrogen-bond donors (Lipinski definition) is 2. The van der Waals surface area contributed by atoms with Gasteiger partial charge in [0.05, 0.1) is 12.2 Å². The predicted molar refractivity (Wildman–Crippen MR) is 38.0 cm³/mol. The minimum Gasteiger partial charge on any atom is -0.390 e. The molecule has 4 heteroatoms. The van der Waals surface area contributed by atoms with Gasteiger partial charge in [-0.25, -0.2) is 0 Å². The van der Waals surface area contributed by atoms with E-state index in [4.69, 9.17) is 14.6 Å². The van der Waals surface area contributed by atoms with Crippen molar-refractivity contribution < 1.29 is 19.7 Å². The maximum atomic E-state index is 9.34. The lowest BCUT2D eigenvalue weighted by molar-refractivity contribution is -0.232. The molecule has 1 heterocycles. The van der Waals surface area contributed by atoms with Crippen molar-refractivity contribution in [3.05, 3.63) is 0 Å². The van der Waals surface area contributed by atoms with Crippen molar-refractivity contribution in [2.45, 2.75) is 37.9 Å². The van der Waals surface area contributed by atoms with Crippen LogP contribution in [-0.2, 0) is 9.47 Å². The molecule has 4 nitrogen and oxygen atoms in total. The van der Waals surface area contributed by atoms with Gasteiger partial charge >= 0.3 is 0 Å². The summed E-state index contributed by atoms with van der Waals surface area (Å²) in [6.07, 6.45) is -1.83. The zero-order valence-corrected chi connectivity index (χ0v) is 6.73. The van der Waals surface area contributed by atoms with Crippen molar-refractivity contribution >= 4 is 0 Å². The maximum Gasteiger partial charge on any atom is 0.157 e. The summed E-state index contributed by atoms with van der Waals surface area (Å²) in [6, 6.07) is 0. The summed E-state index contributed by atoms with van der Waals surface area (Å²) in [7, 11) is 1.52. The van der Waals surface area contributed by atoms with E-state index in [1.165, 1.54) is 7.11 Å². The van der Waals surface area contributed by atoms with Crippen LogP contribution in [0.4, 0.5) is 0 Å². The Hall–Kier alpha value is -0.160. The molecule has 2 N–H and O–H groups in total. The number of methoxy groups -OCH3 is 1.